The van der Waals surface area contributed by atoms with Gasteiger partial charge in [0.15, 0.2) is 10.8 Å². The van der Waals surface area contributed by atoms with Crippen molar-refractivity contribution in [1.82, 2.24) is 9.97 Å². The molecule has 2 aromatic heterocycles. The zero-order valence-electron chi connectivity index (χ0n) is 10.1. The Bertz CT molecular complexity index is 562. The maximum Gasteiger partial charge on any atom is 0.355 e. The van der Waals surface area contributed by atoms with Gasteiger partial charge in [-0.1, -0.05) is 0 Å². The topological polar surface area (TPSA) is 75.1 Å². The second-order valence-corrected chi connectivity index (χ2v) is 5.93. The molecule has 2 heterocycles. The van der Waals surface area contributed by atoms with Crippen molar-refractivity contribution in [1.29, 1.82) is 0 Å². The molecule has 2 aromatic rings. The number of carboxylic acid groups (broad SMARTS) is 1. The van der Waals surface area contributed by atoms with E-state index in [1.807, 2.05) is 12.3 Å². The summed E-state index contributed by atoms with van der Waals surface area (Å²) >= 11 is 3.00. The molecular weight excluding hydrogens is 270 g/mol. The third-order valence-electron chi connectivity index (χ3n) is 2.28. The number of rotatable bonds is 5. The lowest BCUT2D eigenvalue weighted by atomic mass is 10.4. The number of thiazole rings is 2. The van der Waals surface area contributed by atoms with E-state index >= 15 is 0 Å². The Morgan fingerprint density at radius 1 is 1.44 bits per heavy atom. The van der Waals surface area contributed by atoms with E-state index in [-0.39, 0.29) is 5.69 Å². The van der Waals surface area contributed by atoms with Gasteiger partial charge >= 0.3 is 5.97 Å². The van der Waals surface area contributed by atoms with E-state index in [9.17, 15) is 4.79 Å². The molecule has 0 aliphatic heterocycles. The fourth-order valence-corrected chi connectivity index (χ4v) is 3.07. The van der Waals surface area contributed by atoms with E-state index in [4.69, 9.17) is 5.11 Å². The number of hydrogen-bond acceptors (Lipinski definition) is 6. The Labute approximate surface area is 113 Å². The molecule has 0 atom stereocenters. The molecule has 2 rings (SSSR count). The van der Waals surface area contributed by atoms with Crippen molar-refractivity contribution >= 4 is 33.8 Å². The molecule has 0 aliphatic carbocycles. The van der Waals surface area contributed by atoms with Gasteiger partial charge in [0.2, 0.25) is 0 Å². The minimum absolute atomic E-state index is 0.132. The highest BCUT2D eigenvalue weighted by Gasteiger charge is 2.13. The van der Waals surface area contributed by atoms with Gasteiger partial charge in [0, 0.05) is 28.9 Å². The van der Waals surface area contributed by atoms with Crippen molar-refractivity contribution in [2.45, 2.75) is 20.3 Å². The zero-order chi connectivity index (χ0) is 13.1. The van der Waals surface area contributed by atoms with E-state index in [1.165, 1.54) is 11.3 Å². The van der Waals surface area contributed by atoms with Crippen LogP contribution in [0.5, 0.6) is 0 Å². The number of hydrogen-bond donors (Lipinski definition) is 2. The summed E-state index contributed by atoms with van der Waals surface area (Å²) in [5.41, 5.74) is 1.17. The van der Waals surface area contributed by atoms with Crippen LogP contribution in [-0.4, -0.2) is 27.6 Å². The first-order chi connectivity index (χ1) is 8.56. The quantitative estimate of drug-likeness (QED) is 0.882. The van der Waals surface area contributed by atoms with Crippen molar-refractivity contribution in [3.63, 3.8) is 0 Å². The lowest BCUT2D eigenvalue weighted by Crippen LogP contribution is -2.05. The molecule has 96 valence electrons. The second kappa shape index (κ2) is 5.45. The maximum atomic E-state index is 10.8. The van der Waals surface area contributed by atoms with Crippen LogP contribution in [0.2, 0.25) is 0 Å². The van der Waals surface area contributed by atoms with Crippen molar-refractivity contribution in [2.24, 2.45) is 0 Å². The van der Waals surface area contributed by atoms with E-state index in [1.54, 1.807) is 18.3 Å². The van der Waals surface area contributed by atoms with Gasteiger partial charge in [0.1, 0.15) is 0 Å². The predicted octanol–water partition coefficient (Wildman–Crippen LogP) is 2.57. The minimum atomic E-state index is -0.979. The van der Waals surface area contributed by atoms with E-state index in [2.05, 4.69) is 15.3 Å². The average molecular weight is 283 g/mol. The van der Waals surface area contributed by atoms with Gasteiger partial charge in [-0.3, -0.25) is 0 Å². The number of aryl methyl sites for hydroxylation is 2. The maximum absolute atomic E-state index is 10.8. The van der Waals surface area contributed by atoms with Crippen molar-refractivity contribution in [3.8, 4) is 0 Å². The Morgan fingerprint density at radius 3 is 2.78 bits per heavy atom. The van der Waals surface area contributed by atoms with Crippen LogP contribution in [0.1, 0.15) is 26.1 Å². The Morgan fingerprint density at radius 2 is 2.22 bits per heavy atom. The van der Waals surface area contributed by atoms with Gasteiger partial charge in [0.25, 0.3) is 0 Å². The summed E-state index contributed by atoms with van der Waals surface area (Å²) in [5, 5.41) is 15.8. The molecule has 0 amide bonds. The first kappa shape index (κ1) is 13.0. The normalized spacial score (nSPS) is 10.6. The summed E-state index contributed by atoms with van der Waals surface area (Å²) in [6.45, 7) is 4.44. The number of carbonyl (C=O) groups is 1. The largest absolute Gasteiger partial charge is 0.476 e. The van der Waals surface area contributed by atoms with Crippen LogP contribution in [0.15, 0.2) is 5.38 Å². The van der Waals surface area contributed by atoms with Crippen molar-refractivity contribution < 1.29 is 9.90 Å². The Kier molecular flexibility index (Phi) is 3.93. The summed E-state index contributed by atoms with van der Waals surface area (Å²) in [5.74, 6) is -0.979. The van der Waals surface area contributed by atoms with Gasteiger partial charge in [-0.2, -0.15) is 0 Å². The number of anilines is 1. The summed E-state index contributed by atoms with van der Waals surface area (Å²) in [4.78, 5) is 20.0. The van der Waals surface area contributed by atoms with Crippen LogP contribution < -0.4 is 5.32 Å². The van der Waals surface area contributed by atoms with Crippen molar-refractivity contribution in [3.05, 3.63) is 26.7 Å². The number of aromatic carboxylic acids is 1. The third kappa shape index (κ3) is 3.05. The SMILES string of the molecule is Cc1csc(CCNc2nc(C(=O)O)c(C)s2)n1. The first-order valence-electron chi connectivity index (χ1n) is 5.42. The number of nitrogens with zero attached hydrogens (tertiary/aromatic N) is 2. The Hall–Kier alpha value is -1.47. The molecular formula is C11H13N3O2S2. The van der Waals surface area contributed by atoms with E-state index in [0.717, 1.165) is 22.0 Å². The molecule has 0 aliphatic rings. The summed E-state index contributed by atoms with van der Waals surface area (Å²) in [7, 11) is 0. The smallest absolute Gasteiger partial charge is 0.355 e. The highest BCUT2D eigenvalue weighted by atomic mass is 32.1. The molecule has 0 fully saturated rings. The summed E-state index contributed by atoms with van der Waals surface area (Å²) < 4.78 is 0. The third-order valence-corrected chi connectivity index (χ3v) is 4.24. The van der Waals surface area contributed by atoms with Crippen LogP contribution in [0.3, 0.4) is 0 Å². The molecule has 7 heteroatoms. The van der Waals surface area contributed by atoms with Gasteiger partial charge in [-0.05, 0) is 13.8 Å². The van der Waals surface area contributed by atoms with Gasteiger partial charge in [-0.15, -0.1) is 22.7 Å². The predicted molar refractivity (Wildman–Crippen MR) is 72.9 cm³/mol. The number of nitrogens with one attached hydrogen (secondary N) is 1. The van der Waals surface area contributed by atoms with Crippen LogP contribution >= 0.6 is 22.7 Å². The van der Waals surface area contributed by atoms with Gasteiger partial charge < -0.3 is 10.4 Å². The average Bonchev–Trinajstić information content (AvgIpc) is 2.85. The van der Waals surface area contributed by atoms with Crippen LogP contribution in [0.4, 0.5) is 5.13 Å². The van der Waals surface area contributed by atoms with Crippen molar-refractivity contribution in [2.75, 3.05) is 11.9 Å². The molecule has 0 bridgehead atoms. The molecule has 2 N–H and O–H groups in total. The Balaban J connectivity index is 1.90. The lowest BCUT2D eigenvalue weighted by Gasteiger charge is -1.99. The molecule has 0 unspecified atom stereocenters. The number of carboxylic acids is 1. The van der Waals surface area contributed by atoms with Gasteiger partial charge in [-0.25, -0.2) is 14.8 Å². The molecule has 0 aromatic carbocycles. The standard InChI is InChI=1S/C11H13N3O2S2/c1-6-5-17-8(13-6)3-4-12-11-14-9(10(15)16)7(2)18-11/h5H,3-4H2,1-2H3,(H,12,14)(H,15,16). The lowest BCUT2D eigenvalue weighted by molar-refractivity contribution is 0.0690. The van der Waals surface area contributed by atoms with Crippen LogP contribution in [0, 0.1) is 13.8 Å². The first-order valence-corrected chi connectivity index (χ1v) is 7.11. The molecule has 5 nitrogen and oxygen atoms in total. The monoisotopic (exact) mass is 283 g/mol. The molecule has 0 saturated heterocycles. The zero-order valence-corrected chi connectivity index (χ0v) is 11.7. The van der Waals surface area contributed by atoms with Crippen LogP contribution in [-0.2, 0) is 6.42 Å². The fraction of sp³-hybridized carbons (Fsp3) is 0.364. The minimum Gasteiger partial charge on any atom is -0.476 e. The fourth-order valence-electron chi connectivity index (χ4n) is 1.46. The van der Waals surface area contributed by atoms with Crippen LogP contribution in [0.25, 0.3) is 0 Å². The van der Waals surface area contributed by atoms with E-state index < -0.39 is 5.97 Å². The van der Waals surface area contributed by atoms with E-state index in [0.29, 0.717) is 11.7 Å². The highest BCUT2D eigenvalue weighted by Crippen LogP contribution is 2.22. The summed E-state index contributed by atoms with van der Waals surface area (Å²) in [6.07, 6.45) is 0.819. The highest BCUT2D eigenvalue weighted by molar-refractivity contribution is 7.15. The summed E-state index contributed by atoms with van der Waals surface area (Å²) in [6, 6.07) is 0. The molecule has 0 spiro atoms. The molecule has 0 saturated carbocycles. The second-order valence-electron chi connectivity index (χ2n) is 3.79. The molecule has 0 radical (unpaired) electrons. The number of aromatic nitrogens is 2. The molecule has 18 heavy (non-hydrogen) atoms. The van der Waals surface area contributed by atoms with Gasteiger partial charge in [0.05, 0.1) is 5.01 Å².